The number of halogens is 1. The molecule has 0 radical (unpaired) electrons. The summed E-state index contributed by atoms with van der Waals surface area (Å²) in [6.07, 6.45) is 2.50. The molecule has 3 atom stereocenters. The Morgan fingerprint density at radius 3 is 2.95 bits per heavy atom. The average molecular weight is 308 g/mol. The quantitative estimate of drug-likeness (QED) is 0.880. The van der Waals surface area contributed by atoms with Crippen LogP contribution in [0, 0.1) is 5.92 Å². The molecule has 1 aromatic carbocycles. The van der Waals surface area contributed by atoms with Crippen molar-refractivity contribution in [3.05, 3.63) is 35.0 Å². The second-order valence-corrected chi connectivity index (χ2v) is 6.34. The van der Waals surface area contributed by atoms with Gasteiger partial charge in [-0.25, -0.2) is 0 Å². The van der Waals surface area contributed by atoms with E-state index in [9.17, 15) is 0 Å². The molecule has 4 heteroatoms. The highest BCUT2D eigenvalue weighted by atomic mass is 35.5. The van der Waals surface area contributed by atoms with Gasteiger partial charge in [0.2, 0.25) is 0 Å². The zero-order chi connectivity index (χ0) is 14.8. The normalized spacial score (nSPS) is 23.8. The van der Waals surface area contributed by atoms with Crippen LogP contribution >= 0.6 is 11.6 Å². The van der Waals surface area contributed by atoms with Crippen molar-refractivity contribution < 1.29 is 9.15 Å². The van der Waals surface area contributed by atoms with Gasteiger partial charge in [-0.3, -0.25) is 0 Å². The molecule has 114 valence electrons. The molecule has 1 aliphatic rings. The van der Waals surface area contributed by atoms with E-state index in [0.29, 0.717) is 12.0 Å². The molecule has 3 rings (SSSR count). The minimum atomic E-state index is 0.209. The Bertz CT molecular complexity index is 610. The zero-order valence-corrected chi connectivity index (χ0v) is 13.3. The lowest BCUT2D eigenvalue weighted by molar-refractivity contribution is 0.116. The van der Waals surface area contributed by atoms with E-state index in [-0.39, 0.29) is 6.04 Å². The monoisotopic (exact) mass is 307 g/mol. The van der Waals surface area contributed by atoms with Crippen LogP contribution in [0.25, 0.3) is 11.0 Å². The van der Waals surface area contributed by atoms with Gasteiger partial charge >= 0.3 is 0 Å². The maximum Gasteiger partial charge on any atom is 0.134 e. The second kappa shape index (κ2) is 6.39. The molecule has 3 unspecified atom stereocenters. The summed E-state index contributed by atoms with van der Waals surface area (Å²) in [6.45, 7) is 6.08. The lowest BCUT2D eigenvalue weighted by Crippen LogP contribution is -2.29. The zero-order valence-electron chi connectivity index (χ0n) is 12.6. The number of hydrogen-bond acceptors (Lipinski definition) is 3. The van der Waals surface area contributed by atoms with Crippen molar-refractivity contribution in [3.8, 4) is 0 Å². The molecular formula is C17H22ClNO2. The summed E-state index contributed by atoms with van der Waals surface area (Å²) in [6, 6.07) is 8.07. The first kappa shape index (κ1) is 14.9. The topological polar surface area (TPSA) is 34.4 Å². The van der Waals surface area contributed by atoms with E-state index in [1.165, 1.54) is 0 Å². The maximum absolute atomic E-state index is 6.06. The van der Waals surface area contributed by atoms with E-state index < -0.39 is 0 Å². The van der Waals surface area contributed by atoms with E-state index in [4.69, 9.17) is 20.8 Å². The minimum Gasteiger partial charge on any atom is -0.459 e. The molecular weight excluding hydrogens is 286 g/mol. The largest absolute Gasteiger partial charge is 0.459 e. The molecule has 21 heavy (non-hydrogen) atoms. The molecule has 2 heterocycles. The molecule has 1 fully saturated rings. The third kappa shape index (κ3) is 3.25. The lowest BCUT2D eigenvalue weighted by Gasteiger charge is -2.21. The van der Waals surface area contributed by atoms with Crippen LogP contribution in [-0.2, 0) is 4.74 Å². The van der Waals surface area contributed by atoms with E-state index in [0.717, 1.165) is 47.7 Å². The first-order valence-electron chi connectivity index (χ1n) is 7.71. The molecule has 0 spiro atoms. The van der Waals surface area contributed by atoms with Gasteiger partial charge < -0.3 is 14.5 Å². The number of hydrogen-bond donors (Lipinski definition) is 1. The predicted molar refractivity (Wildman–Crippen MR) is 85.8 cm³/mol. The third-order valence-electron chi connectivity index (χ3n) is 4.12. The van der Waals surface area contributed by atoms with Crippen molar-refractivity contribution in [1.82, 2.24) is 5.32 Å². The number of fused-ring (bicyclic) bond motifs is 1. The summed E-state index contributed by atoms with van der Waals surface area (Å²) < 4.78 is 11.8. The molecule has 1 N–H and O–H groups in total. The van der Waals surface area contributed by atoms with Crippen LogP contribution in [-0.4, -0.2) is 19.3 Å². The van der Waals surface area contributed by atoms with E-state index in [1.807, 2.05) is 18.2 Å². The molecule has 3 nitrogen and oxygen atoms in total. The summed E-state index contributed by atoms with van der Waals surface area (Å²) in [5.74, 6) is 1.45. The van der Waals surface area contributed by atoms with Gasteiger partial charge in [0.15, 0.2) is 0 Å². The molecule has 0 saturated carbocycles. The molecule has 2 aromatic rings. The summed E-state index contributed by atoms with van der Waals surface area (Å²) in [7, 11) is 0. The third-order valence-corrected chi connectivity index (χ3v) is 4.35. The van der Waals surface area contributed by atoms with Gasteiger partial charge in [-0.1, -0.05) is 18.5 Å². The Morgan fingerprint density at radius 1 is 1.38 bits per heavy atom. The second-order valence-electron chi connectivity index (χ2n) is 5.90. The van der Waals surface area contributed by atoms with Crippen molar-refractivity contribution in [2.75, 3.05) is 13.2 Å². The van der Waals surface area contributed by atoms with E-state index in [2.05, 4.69) is 25.2 Å². The minimum absolute atomic E-state index is 0.209. The van der Waals surface area contributed by atoms with Crippen LogP contribution < -0.4 is 5.32 Å². The molecule has 0 amide bonds. The highest BCUT2D eigenvalue weighted by Crippen LogP contribution is 2.35. The van der Waals surface area contributed by atoms with Gasteiger partial charge in [0, 0.05) is 16.3 Å². The molecule has 1 aliphatic heterocycles. The molecule has 1 aromatic heterocycles. The number of nitrogens with one attached hydrogen (secondary N) is 1. The van der Waals surface area contributed by atoms with Crippen molar-refractivity contribution in [2.24, 2.45) is 5.92 Å². The van der Waals surface area contributed by atoms with Crippen LogP contribution in [0.15, 0.2) is 28.7 Å². The first-order valence-corrected chi connectivity index (χ1v) is 8.09. The number of benzene rings is 1. The van der Waals surface area contributed by atoms with Gasteiger partial charge in [-0.15, -0.1) is 0 Å². The van der Waals surface area contributed by atoms with Crippen molar-refractivity contribution in [3.63, 3.8) is 0 Å². The fourth-order valence-electron chi connectivity index (χ4n) is 3.07. The highest BCUT2D eigenvalue weighted by molar-refractivity contribution is 6.31. The summed E-state index contributed by atoms with van der Waals surface area (Å²) in [5, 5.41) is 5.42. The van der Waals surface area contributed by atoms with Gasteiger partial charge in [0.25, 0.3) is 0 Å². The van der Waals surface area contributed by atoms with E-state index in [1.54, 1.807) is 0 Å². The van der Waals surface area contributed by atoms with Gasteiger partial charge in [0.05, 0.1) is 18.8 Å². The fourth-order valence-corrected chi connectivity index (χ4v) is 3.25. The molecule has 0 aliphatic carbocycles. The van der Waals surface area contributed by atoms with Crippen LogP contribution in [0.3, 0.4) is 0 Å². The Balaban J connectivity index is 1.89. The summed E-state index contributed by atoms with van der Waals surface area (Å²) in [4.78, 5) is 0. The van der Waals surface area contributed by atoms with Crippen molar-refractivity contribution in [1.29, 1.82) is 0 Å². The van der Waals surface area contributed by atoms with Gasteiger partial charge in [-0.05, 0) is 50.6 Å². The molecule has 0 bridgehead atoms. The number of furan rings is 1. The number of rotatable bonds is 5. The Labute approximate surface area is 130 Å². The van der Waals surface area contributed by atoms with Crippen molar-refractivity contribution >= 4 is 22.6 Å². The fraction of sp³-hybridized carbons (Fsp3) is 0.529. The van der Waals surface area contributed by atoms with Crippen molar-refractivity contribution in [2.45, 2.75) is 38.8 Å². The maximum atomic E-state index is 6.06. The summed E-state index contributed by atoms with van der Waals surface area (Å²) in [5.41, 5.74) is 0.893. The highest BCUT2D eigenvalue weighted by Gasteiger charge is 2.32. The smallest absolute Gasteiger partial charge is 0.134 e. The van der Waals surface area contributed by atoms with Gasteiger partial charge in [0.1, 0.15) is 11.3 Å². The Hall–Kier alpha value is -1.03. The lowest BCUT2D eigenvalue weighted by atomic mass is 9.94. The standard InChI is InChI=1S/C17H22ClNO2/c1-3-6-19-17(13-7-11(2)20-10-13)16-9-12-8-14(18)4-5-15(12)21-16/h4-5,8-9,11,13,17,19H,3,6-7,10H2,1-2H3. The summed E-state index contributed by atoms with van der Waals surface area (Å²) >= 11 is 6.06. The van der Waals surface area contributed by atoms with Crippen LogP contribution in [0.4, 0.5) is 0 Å². The van der Waals surface area contributed by atoms with Crippen LogP contribution in [0.1, 0.15) is 38.5 Å². The van der Waals surface area contributed by atoms with Crippen LogP contribution in [0.5, 0.6) is 0 Å². The van der Waals surface area contributed by atoms with E-state index >= 15 is 0 Å². The Morgan fingerprint density at radius 2 is 2.24 bits per heavy atom. The Kier molecular flexibility index (Phi) is 4.53. The predicted octanol–water partition coefficient (Wildman–Crippen LogP) is 4.55. The first-order chi connectivity index (χ1) is 10.2. The SMILES string of the molecule is CCCNC(c1cc2cc(Cl)ccc2o1)C1COC(C)C1. The number of ether oxygens (including phenoxy) is 1. The average Bonchev–Trinajstić information content (AvgIpc) is 3.05. The molecule has 1 saturated heterocycles. The van der Waals surface area contributed by atoms with Gasteiger partial charge in [-0.2, -0.15) is 0 Å². The van der Waals surface area contributed by atoms with Crippen LogP contribution in [0.2, 0.25) is 5.02 Å².